The molecule has 0 radical (unpaired) electrons. The molecule has 1 aromatic heterocycles. The van der Waals surface area contributed by atoms with Crippen molar-refractivity contribution in [1.82, 2.24) is 9.88 Å². The molecule has 0 atom stereocenters. The van der Waals surface area contributed by atoms with Gasteiger partial charge in [0.15, 0.2) is 5.13 Å². The number of rotatable bonds is 9. The lowest BCUT2D eigenvalue weighted by Crippen LogP contribution is -2.31. The van der Waals surface area contributed by atoms with Crippen molar-refractivity contribution in [3.05, 3.63) is 79.6 Å². The van der Waals surface area contributed by atoms with Gasteiger partial charge in [0, 0.05) is 36.0 Å². The third kappa shape index (κ3) is 7.44. The van der Waals surface area contributed by atoms with Gasteiger partial charge in [-0.25, -0.2) is 4.98 Å². The van der Waals surface area contributed by atoms with Crippen molar-refractivity contribution in [2.75, 3.05) is 11.9 Å². The molecule has 1 aliphatic heterocycles. The summed E-state index contributed by atoms with van der Waals surface area (Å²) in [7, 11) is 0. The van der Waals surface area contributed by atoms with Crippen LogP contribution in [0, 0.1) is 0 Å². The first-order valence-electron chi connectivity index (χ1n) is 13.1. The standard InChI is InChI=1S/C29H27Cl2N3O3S3/c30-22-11-10-18(15-23(22)31)14-21-17-32-28(39-21)33-26(35)12-13-34-27(36)25(40-29(34)38)16-19-6-4-5-9-24(19)37-20-7-2-1-3-8-20/h4-6,9-11,15-17,20H,1-3,7-8,12-14H2,(H,32,33,35)/b25-16-. The van der Waals surface area contributed by atoms with E-state index in [1.54, 1.807) is 12.3 Å². The van der Waals surface area contributed by atoms with Crippen molar-refractivity contribution in [3.63, 3.8) is 0 Å². The predicted molar refractivity (Wildman–Crippen MR) is 168 cm³/mol. The molecule has 2 amide bonds. The quantitative estimate of drug-likeness (QED) is 0.191. The van der Waals surface area contributed by atoms with Gasteiger partial charge in [0.25, 0.3) is 5.91 Å². The Balaban J connectivity index is 1.16. The summed E-state index contributed by atoms with van der Waals surface area (Å²) in [4.78, 5) is 33.1. The second-order valence-corrected chi connectivity index (χ2v) is 13.2. The Kier molecular flexibility index (Phi) is 9.80. The average Bonchev–Trinajstić information content (AvgIpc) is 3.49. The molecule has 2 heterocycles. The van der Waals surface area contributed by atoms with Crippen molar-refractivity contribution >= 4 is 85.9 Å². The van der Waals surface area contributed by atoms with Crippen LogP contribution < -0.4 is 10.1 Å². The summed E-state index contributed by atoms with van der Waals surface area (Å²) in [6.45, 7) is 0.190. The number of hydrogen-bond acceptors (Lipinski definition) is 7. The largest absolute Gasteiger partial charge is 0.490 e. The van der Waals surface area contributed by atoms with Gasteiger partial charge in [0.2, 0.25) is 5.91 Å². The molecule has 208 valence electrons. The van der Waals surface area contributed by atoms with Crippen LogP contribution in [0.3, 0.4) is 0 Å². The van der Waals surface area contributed by atoms with Crippen LogP contribution in [-0.2, 0) is 16.0 Å². The molecule has 3 aromatic rings. The van der Waals surface area contributed by atoms with E-state index < -0.39 is 0 Å². The molecule has 2 fully saturated rings. The third-order valence-corrected chi connectivity index (χ3v) is 9.68. The summed E-state index contributed by atoms with van der Waals surface area (Å²) in [5.74, 6) is 0.342. The highest BCUT2D eigenvalue weighted by Crippen LogP contribution is 2.35. The number of anilines is 1. The van der Waals surface area contributed by atoms with Crippen LogP contribution in [-0.4, -0.2) is 38.7 Å². The minimum Gasteiger partial charge on any atom is -0.490 e. The molecule has 1 N–H and O–H groups in total. The van der Waals surface area contributed by atoms with E-state index in [0.717, 1.165) is 34.6 Å². The smallest absolute Gasteiger partial charge is 0.266 e. The Morgan fingerprint density at radius 1 is 1.15 bits per heavy atom. The first-order valence-corrected chi connectivity index (χ1v) is 15.8. The number of hydrogen-bond donors (Lipinski definition) is 1. The Morgan fingerprint density at radius 3 is 2.75 bits per heavy atom. The highest BCUT2D eigenvalue weighted by Gasteiger charge is 2.32. The number of thioether (sulfide) groups is 1. The molecular weight excluding hydrogens is 605 g/mol. The Labute approximate surface area is 257 Å². The summed E-state index contributed by atoms with van der Waals surface area (Å²) in [5, 5.41) is 4.33. The van der Waals surface area contributed by atoms with E-state index in [1.807, 2.05) is 42.5 Å². The molecule has 11 heteroatoms. The molecule has 0 unspecified atom stereocenters. The highest BCUT2D eigenvalue weighted by molar-refractivity contribution is 8.26. The fraction of sp³-hybridized carbons (Fsp3) is 0.310. The number of benzene rings is 2. The van der Waals surface area contributed by atoms with Gasteiger partial charge in [-0.1, -0.05) is 77.9 Å². The van der Waals surface area contributed by atoms with Crippen LogP contribution in [0.2, 0.25) is 10.0 Å². The van der Waals surface area contributed by atoms with Crippen molar-refractivity contribution in [1.29, 1.82) is 0 Å². The number of ether oxygens (including phenoxy) is 1. The lowest BCUT2D eigenvalue weighted by Gasteiger charge is -2.23. The number of nitrogens with one attached hydrogen (secondary N) is 1. The Bertz CT molecular complexity index is 1450. The van der Waals surface area contributed by atoms with Gasteiger partial charge >= 0.3 is 0 Å². The van der Waals surface area contributed by atoms with Crippen molar-refractivity contribution in [3.8, 4) is 5.75 Å². The van der Waals surface area contributed by atoms with E-state index in [2.05, 4.69) is 10.3 Å². The molecular formula is C29H27Cl2N3O3S3. The zero-order chi connectivity index (χ0) is 28.1. The molecule has 0 bridgehead atoms. The van der Waals surface area contributed by atoms with E-state index in [1.165, 1.54) is 47.3 Å². The molecule has 0 spiro atoms. The van der Waals surface area contributed by atoms with Gasteiger partial charge < -0.3 is 10.1 Å². The highest BCUT2D eigenvalue weighted by atomic mass is 35.5. The van der Waals surface area contributed by atoms with Crippen molar-refractivity contribution in [2.24, 2.45) is 0 Å². The number of carbonyl (C=O) groups is 2. The van der Waals surface area contributed by atoms with Gasteiger partial charge in [-0.3, -0.25) is 14.5 Å². The minimum atomic E-state index is -0.236. The molecule has 5 rings (SSSR count). The fourth-order valence-electron chi connectivity index (χ4n) is 4.60. The minimum absolute atomic E-state index is 0.100. The number of nitrogens with zero attached hydrogens (tertiary/aromatic N) is 2. The SMILES string of the molecule is O=C(CCN1C(=O)/C(=C/c2ccccc2OC2CCCCC2)SC1=S)Nc1ncc(Cc2ccc(Cl)c(Cl)c2)s1. The second-order valence-electron chi connectivity index (χ2n) is 9.60. The second kappa shape index (κ2) is 13.5. The zero-order valence-electron chi connectivity index (χ0n) is 21.5. The summed E-state index contributed by atoms with van der Waals surface area (Å²) in [6.07, 6.45) is 10.2. The number of thiocarbonyl (C=S) groups is 1. The number of amides is 2. The first kappa shape index (κ1) is 29.1. The summed E-state index contributed by atoms with van der Waals surface area (Å²) < 4.78 is 6.72. The topological polar surface area (TPSA) is 71.5 Å². The Morgan fingerprint density at radius 2 is 1.95 bits per heavy atom. The predicted octanol–water partition coefficient (Wildman–Crippen LogP) is 7.98. The molecule has 40 heavy (non-hydrogen) atoms. The van der Waals surface area contributed by atoms with Gasteiger partial charge in [0.1, 0.15) is 10.1 Å². The van der Waals surface area contributed by atoms with Gasteiger partial charge in [-0.05, 0) is 55.5 Å². The Hall–Kier alpha value is -2.43. The fourth-order valence-corrected chi connectivity index (χ4v) is 7.08. The molecule has 1 saturated heterocycles. The van der Waals surface area contributed by atoms with E-state index in [4.69, 9.17) is 40.2 Å². The third-order valence-electron chi connectivity index (χ3n) is 6.65. The number of halogens is 2. The monoisotopic (exact) mass is 631 g/mol. The van der Waals surface area contributed by atoms with Crippen LogP contribution in [0.5, 0.6) is 5.75 Å². The molecule has 1 saturated carbocycles. The van der Waals surface area contributed by atoms with Crippen LogP contribution in [0.25, 0.3) is 6.08 Å². The van der Waals surface area contributed by atoms with E-state index in [9.17, 15) is 9.59 Å². The van der Waals surface area contributed by atoms with Crippen molar-refractivity contribution in [2.45, 2.75) is 51.0 Å². The lowest BCUT2D eigenvalue weighted by molar-refractivity contribution is -0.122. The van der Waals surface area contributed by atoms with E-state index in [0.29, 0.717) is 30.8 Å². The summed E-state index contributed by atoms with van der Waals surface area (Å²) in [6, 6.07) is 13.3. The van der Waals surface area contributed by atoms with Crippen LogP contribution >= 0.6 is 58.5 Å². The van der Waals surface area contributed by atoms with Gasteiger partial charge in [-0.15, -0.1) is 11.3 Å². The maximum absolute atomic E-state index is 13.2. The van der Waals surface area contributed by atoms with Gasteiger partial charge in [-0.2, -0.15) is 0 Å². The van der Waals surface area contributed by atoms with Crippen LogP contribution in [0.15, 0.2) is 53.6 Å². The van der Waals surface area contributed by atoms with Crippen molar-refractivity contribution < 1.29 is 14.3 Å². The average molecular weight is 633 g/mol. The summed E-state index contributed by atoms with van der Waals surface area (Å²) in [5.41, 5.74) is 1.85. The van der Waals surface area contributed by atoms with E-state index >= 15 is 0 Å². The van der Waals surface area contributed by atoms with E-state index in [-0.39, 0.29) is 30.9 Å². The first-order chi connectivity index (χ1) is 19.4. The molecule has 2 aliphatic rings. The number of para-hydroxylation sites is 1. The maximum atomic E-state index is 13.2. The van der Waals surface area contributed by atoms with Crippen LogP contribution in [0.4, 0.5) is 5.13 Å². The molecule has 2 aromatic carbocycles. The number of carbonyl (C=O) groups excluding carboxylic acids is 2. The van der Waals surface area contributed by atoms with Gasteiger partial charge in [0.05, 0.1) is 21.1 Å². The maximum Gasteiger partial charge on any atom is 0.266 e. The molecule has 1 aliphatic carbocycles. The number of thiazole rings is 1. The summed E-state index contributed by atoms with van der Waals surface area (Å²) >= 11 is 20.2. The lowest BCUT2D eigenvalue weighted by atomic mass is 9.97. The van der Waals surface area contributed by atoms with Crippen LogP contribution in [0.1, 0.15) is 54.5 Å². The number of aromatic nitrogens is 1. The normalized spacial score (nSPS) is 17.1. The molecule has 6 nitrogen and oxygen atoms in total. The zero-order valence-corrected chi connectivity index (χ0v) is 25.5.